The van der Waals surface area contributed by atoms with Gasteiger partial charge < -0.3 is 28.4 Å². The van der Waals surface area contributed by atoms with Gasteiger partial charge in [-0.25, -0.2) is 4.79 Å². The van der Waals surface area contributed by atoms with Crippen LogP contribution in [0.4, 0.5) is 0 Å². The molecule has 0 heterocycles. The van der Waals surface area contributed by atoms with Crippen molar-refractivity contribution < 1.29 is 43.1 Å². The van der Waals surface area contributed by atoms with E-state index in [1.807, 2.05) is 60.7 Å². The summed E-state index contributed by atoms with van der Waals surface area (Å²) in [5, 5.41) is 9.76. The van der Waals surface area contributed by atoms with E-state index < -0.39 is 5.97 Å². The number of carbonyl (C=O) groups excluding carboxylic acids is 1. The number of hydrogen-bond acceptors (Lipinski definition) is 11. The third-order valence-corrected chi connectivity index (χ3v) is 5.60. The van der Waals surface area contributed by atoms with E-state index in [0.717, 1.165) is 11.1 Å². The van der Waals surface area contributed by atoms with Gasteiger partial charge in [0.05, 0.1) is 44.5 Å². The lowest BCUT2D eigenvalue weighted by molar-refractivity contribution is -0.312. The fourth-order valence-corrected chi connectivity index (χ4v) is 3.64. The van der Waals surface area contributed by atoms with Crippen LogP contribution in [0.15, 0.2) is 72.8 Å². The number of nitrogens with zero attached hydrogens (tertiary/aromatic N) is 1. The van der Waals surface area contributed by atoms with Crippen LogP contribution in [-0.4, -0.2) is 60.2 Å². The molecule has 0 radical (unpaired) electrons. The Hall–Kier alpha value is -4.02. The second-order valence-corrected chi connectivity index (χ2v) is 8.50. The molecular formula is C30H34N2O9. The van der Waals surface area contributed by atoms with Crippen LogP contribution < -0.4 is 15.0 Å². The van der Waals surface area contributed by atoms with Gasteiger partial charge in [0.2, 0.25) is 0 Å². The standard InChI is InChI=1S/C30H34N2O9/c1-34-13-15-36-21-38-27-18-23(17-26(20-31)30(27)39-22-37-16-14-35-2)19-28(33)40-41-32-29(24-9-5-3-6-10-24)25-11-7-4-8-12-25/h3-12,17-18,29,32H,13-16,19,21-22H2,1-2H3. The molecule has 0 fully saturated rings. The number of carbonyl (C=O) groups is 1. The van der Waals surface area contributed by atoms with Gasteiger partial charge >= 0.3 is 5.97 Å². The zero-order chi connectivity index (χ0) is 29.1. The van der Waals surface area contributed by atoms with Gasteiger partial charge in [0.15, 0.2) is 25.1 Å². The van der Waals surface area contributed by atoms with E-state index in [2.05, 4.69) is 11.5 Å². The minimum atomic E-state index is -0.694. The maximum absolute atomic E-state index is 12.7. The number of nitrogens with one attached hydrogen (secondary N) is 1. The Kier molecular flexibility index (Phi) is 14.1. The lowest BCUT2D eigenvalue weighted by atomic mass is 10.00. The molecule has 3 rings (SSSR count). The Labute approximate surface area is 239 Å². The van der Waals surface area contributed by atoms with Gasteiger partial charge in [-0.1, -0.05) is 65.7 Å². The Morgan fingerprint density at radius 2 is 1.41 bits per heavy atom. The summed E-state index contributed by atoms with van der Waals surface area (Å²) < 4.78 is 32.0. The van der Waals surface area contributed by atoms with Crippen molar-refractivity contribution in [1.29, 1.82) is 5.26 Å². The number of hydrogen-bond donors (Lipinski definition) is 1. The number of rotatable bonds is 19. The molecule has 1 N–H and O–H groups in total. The quantitative estimate of drug-likeness (QED) is 0.0983. The molecule has 0 amide bonds. The van der Waals surface area contributed by atoms with E-state index in [1.54, 1.807) is 20.3 Å². The van der Waals surface area contributed by atoms with Crippen molar-refractivity contribution in [2.45, 2.75) is 12.5 Å². The number of ether oxygens (including phenoxy) is 6. The van der Waals surface area contributed by atoms with Gasteiger partial charge in [-0.15, -0.1) is 5.48 Å². The maximum atomic E-state index is 12.7. The Morgan fingerprint density at radius 3 is 1.98 bits per heavy atom. The second-order valence-electron chi connectivity index (χ2n) is 8.50. The average molecular weight is 567 g/mol. The highest BCUT2D eigenvalue weighted by Crippen LogP contribution is 2.33. The van der Waals surface area contributed by atoms with Crippen molar-refractivity contribution in [2.24, 2.45) is 0 Å². The van der Waals surface area contributed by atoms with E-state index in [1.165, 1.54) is 6.07 Å². The molecule has 0 unspecified atom stereocenters. The molecule has 3 aromatic carbocycles. The lowest BCUT2D eigenvalue weighted by Gasteiger charge is -2.18. The average Bonchev–Trinajstić information content (AvgIpc) is 3.00. The van der Waals surface area contributed by atoms with E-state index in [-0.39, 0.29) is 43.1 Å². The molecule has 218 valence electrons. The van der Waals surface area contributed by atoms with Gasteiger partial charge in [0.1, 0.15) is 6.07 Å². The summed E-state index contributed by atoms with van der Waals surface area (Å²) in [6.07, 6.45) is -0.205. The molecular weight excluding hydrogens is 532 g/mol. The third-order valence-electron chi connectivity index (χ3n) is 5.60. The SMILES string of the molecule is COCCOCOc1cc(CC(=O)OONC(c2ccccc2)c2ccccc2)cc(C#N)c1OCOCCOC. The minimum Gasteiger partial charge on any atom is -0.464 e. The van der Waals surface area contributed by atoms with Gasteiger partial charge in [-0.3, -0.25) is 4.89 Å². The van der Waals surface area contributed by atoms with E-state index in [4.69, 9.17) is 38.3 Å². The summed E-state index contributed by atoms with van der Waals surface area (Å²) in [7, 11) is 3.12. The molecule has 41 heavy (non-hydrogen) atoms. The summed E-state index contributed by atoms with van der Waals surface area (Å²) in [6, 6.07) is 24.0. The topological polar surface area (TPSA) is 127 Å². The van der Waals surface area contributed by atoms with Crippen LogP contribution in [0.25, 0.3) is 0 Å². The summed E-state index contributed by atoms with van der Waals surface area (Å²) in [6.45, 7) is 1.13. The van der Waals surface area contributed by atoms with Crippen molar-refractivity contribution in [3.63, 3.8) is 0 Å². The van der Waals surface area contributed by atoms with Crippen molar-refractivity contribution in [3.05, 3.63) is 95.1 Å². The van der Waals surface area contributed by atoms with E-state index >= 15 is 0 Å². The zero-order valence-corrected chi connectivity index (χ0v) is 23.1. The molecule has 11 nitrogen and oxygen atoms in total. The first-order valence-corrected chi connectivity index (χ1v) is 12.8. The van der Waals surface area contributed by atoms with Crippen molar-refractivity contribution >= 4 is 5.97 Å². The largest absolute Gasteiger partial charge is 0.464 e. The molecule has 0 aromatic heterocycles. The van der Waals surface area contributed by atoms with Crippen LogP contribution in [-0.2, 0) is 40.0 Å². The fourth-order valence-electron chi connectivity index (χ4n) is 3.64. The van der Waals surface area contributed by atoms with Gasteiger partial charge in [0.25, 0.3) is 0 Å². The summed E-state index contributed by atoms with van der Waals surface area (Å²) >= 11 is 0. The predicted octanol–water partition coefficient (Wildman–Crippen LogP) is 3.87. The molecule has 0 aliphatic rings. The highest BCUT2D eigenvalue weighted by Gasteiger charge is 2.19. The predicted molar refractivity (Wildman–Crippen MR) is 147 cm³/mol. The molecule has 11 heteroatoms. The Bertz CT molecular complexity index is 1180. The van der Waals surface area contributed by atoms with Crippen molar-refractivity contribution in [2.75, 3.05) is 54.2 Å². The van der Waals surface area contributed by atoms with Crippen LogP contribution >= 0.6 is 0 Å². The normalized spacial score (nSPS) is 10.8. The van der Waals surface area contributed by atoms with Crippen LogP contribution in [0.3, 0.4) is 0 Å². The molecule has 0 aliphatic heterocycles. The number of nitriles is 1. The van der Waals surface area contributed by atoms with Gasteiger partial charge in [-0.05, 0) is 28.8 Å². The highest BCUT2D eigenvalue weighted by atomic mass is 17.3. The minimum absolute atomic E-state index is 0.129. The summed E-state index contributed by atoms with van der Waals surface area (Å²) in [5.74, 6) is -0.337. The first kappa shape index (κ1) is 31.5. The molecule has 0 spiro atoms. The smallest absolute Gasteiger partial charge is 0.348 e. The van der Waals surface area contributed by atoms with Gasteiger partial charge in [0, 0.05) is 14.2 Å². The van der Waals surface area contributed by atoms with Crippen LogP contribution in [0.1, 0.15) is 28.3 Å². The van der Waals surface area contributed by atoms with Crippen LogP contribution in [0, 0.1) is 11.3 Å². The molecule has 0 saturated carbocycles. The van der Waals surface area contributed by atoms with Crippen molar-refractivity contribution in [1.82, 2.24) is 5.48 Å². The summed E-state index contributed by atoms with van der Waals surface area (Å²) in [4.78, 5) is 22.8. The maximum Gasteiger partial charge on any atom is 0.348 e. The van der Waals surface area contributed by atoms with Crippen molar-refractivity contribution in [3.8, 4) is 17.6 Å². The Morgan fingerprint density at radius 1 is 0.829 bits per heavy atom. The number of hydroxylamine groups is 1. The Balaban J connectivity index is 1.65. The van der Waals surface area contributed by atoms with E-state index in [9.17, 15) is 10.1 Å². The molecule has 0 saturated heterocycles. The molecule has 0 atom stereocenters. The monoisotopic (exact) mass is 566 g/mol. The zero-order valence-electron chi connectivity index (χ0n) is 23.1. The first-order valence-electron chi connectivity index (χ1n) is 12.8. The lowest BCUT2D eigenvalue weighted by Crippen LogP contribution is -2.25. The van der Waals surface area contributed by atoms with Crippen LogP contribution in [0.5, 0.6) is 11.5 Å². The van der Waals surface area contributed by atoms with Crippen LogP contribution in [0.2, 0.25) is 0 Å². The summed E-state index contributed by atoms with van der Waals surface area (Å²) in [5.41, 5.74) is 5.23. The fraction of sp³-hybridized carbons (Fsp3) is 0.333. The second kappa shape index (κ2) is 18.4. The first-order chi connectivity index (χ1) is 20.2. The molecule has 0 bridgehead atoms. The number of benzene rings is 3. The third kappa shape index (κ3) is 10.8. The highest BCUT2D eigenvalue weighted by molar-refractivity contribution is 5.73. The molecule has 3 aromatic rings. The van der Waals surface area contributed by atoms with E-state index in [0.29, 0.717) is 32.0 Å². The van der Waals surface area contributed by atoms with Gasteiger partial charge in [-0.2, -0.15) is 5.26 Å². The molecule has 0 aliphatic carbocycles. The number of methoxy groups -OCH3 is 2.